The maximum absolute atomic E-state index is 5.85. The van der Waals surface area contributed by atoms with Gasteiger partial charge in [0.25, 0.3) is 0 Å². The molecule has 0 aromatic heterocycles. The summed E-state index contributed by atoms with van der Waals surface area (Å²) < 4.78 is 6.81. The Hall–Kier alpha value is -0.0800. The molecule has 0 amide bonds. The Balaban J connectivity index is 3.12. The minimum absolute atomic E-state index is 0.626. The van der Waals surface area contributed by atoms with E-state index >= 15 is 0 Å². The normalized spacial score (nSPS) is 12.2. The molecule has 0 rings (SSSR count). The van der Waals surface area contributed by atoms with E-state index in [2.05, 4.69) is 34.9 Å². The molecular weight excluding hydrogens is 318 g/mol. The SMILES string of the molecule is CCCCCCCCCCCCCCCCCCOC[N+](C)(C)C(C)C. The highest BCUT2D eigenvalue weighted by Gasteiger charge is 2.18. The maximum Gasteiger partial charge on any atom is 0.182 e. The van der Waals surface area contributed by atoms with Crippen molar-refractivity contribution < 1.29 is 9.22 Å². The third-order valence-corrected chi connectivity index (χ3v) is 5.96. The molecule has 0 bridgehead atoms. The van der Waals surface area contributed by atoms with E-state index in [9.17, 15) is 0 Å². The molecule has 0 aromatic carbocycles. The quantitative estimate of drug-likeness (QED) is 0.121. The first-order chi connectivity index (χ1) is 12.5. The Bertz CT molecular complexity index is 275. The van der Waals surface area contributed by atoms with E-state index in [0.29, 0.717) is 6.04 Å². The van der Waals surface area contributed by atoms with Crippen LogP contribution in [0.1, 0.15) is 124 Å². The van der Waals surface area contributed by atoms with Gasteiger partial charge in [-0.15, -0.1) is 0 Å². The van der Waals surface area contributed by atoms with Crippen molar-refractivity contribution in [1.29, 1.82) is 0 Å². The van der Waals surface area contributed by atoms with Gasteiger partial charge in [-0.05, 0) is 20.3 Å². The fraction of sp³-hybridized carbons (Fsp3) is 1.00. The number of hydrogen-bond donors (Lipinski definition) is 0. The molecule has 0 aromatic rings. The number of quaternary nitrogens is 1. The van der Waals surface area contributed by atoms with Crippen LogP contribution in [0.2, 0.25) is 0 Å². The Morgan fingerprint density at radius 1 is 0.577 bits per heavy atom. The molecule has 158 valence electrons. The second kappa shape index (κ2) is 18.3. The molecule has 0 aliphatic carbocycles. The van der Waals surface area contributed by atoms with Crippen LogP contribution in [-0.4, -0.2) is 38.0 Å². The van der Waals surface area contributed by atoms with Crippen LogP contribution in [0.15, 0.2) is 0 Å². The van der Waals surface area contributed by atoms with Crippen molar-refractivity contribution in [3.8, 4) is 0 Å². The zero-order valence-electron chi connectivity index (χ0n) is 19.2. The molecule has 0 unspecified atom stereocenters. The smallest absolute Gasteiger partial charge is 0.182 e. The Kier molecular flexibility index (Phi) is 18.2. The highest BCUT2D eigenvalue weighted by atomic mass is 16.5. The number of hydrogen-bond acceptors (Lipinski definition) is 1. The molecule has 0 aliphatic heterocycles. The van der Waals surface area contributed by atoms with Gasteiger partial charge in [-0.1, -0.05) is 103 Å². The van der Waals surface area contributed by atoms with Gasteiger partial charge in [0.05, 0.1) is 26.7 Å². The van der Waals surface area contributed by atoms with Gasteiger partial charge in [0.2, 0.25) is 0 Å². The zero-order valence-corrected chi connectivity index (χ0v) is 19.2. The summed E-state index contributed by atoms with van der Waals surface area (Å²) in [7, 11) is 4.50. The lowest BCUT2D eigenvalue weighted by Gasteiger charge is -2.33. The van der Waals surface area contributed by atoms with Crippen LogP contribution in [0.25, 0.3) is 0 Å². The van der Waals surface area contributed by atoms with Gasteiger partial charge in [-0.2, -0.15) is 0 Å². The summed E-state index contributed by atoms with van der Waals surface area (Å²) in [6, 6.07) is 0.626. The fourth-order valence-electron chi connectivity index (χ4n) is 3.20. The fourth-order valence-corrected chi connectivity index (χ4v) is 3.20. The highest BCUT2D eigenvalue weighted by molar-refractivity contribution is 4.50. The number of ether oxygens (including phenoxy) is 1. The first-order valence-electron chi connectivity index (χ1n) is 11.9. The van der Waals surface area contributed by atoms with Crippen LogP contribution >= 0.6 is 0 Å². The summed E-state index contributed by atoms with van der Waals surface area (Å²) in [5, 5.41) is 0. The average molecular weight is 371 g/mol. The highest BCUT2D eigenvalue weighted by Crippen LogP contribution is 2.14. The standard InChI is InChI=1S/C24H52NO/c1-6-7-8-9-10-11-12-13-14-15-16-17-18-19-20-21-22-26-23-25(4,5)24(2)3/h24H,6-23H2,1-5H3/q+1. The van der Waals surface area contributed by atoms with E-state index in [-0.39, 0.29) is 0 Å². The second-order valence-electron chi connectivity index (χ2n) is 9.21. The van der Waals surface area contributed by atoms with E-state index in [4.69, 9.17) is 4.74 Å². The monoisotopic (exact) mass is 370 g/mol. The van der Waals surface area contributed by atoms with Gasteiger partial charge < -0.3 is 9.22 Å². The first-order valence-corrected chi connectivity index (χ1v) is 11.9. The Morgan fingerprint density at radius 2 is 0.923 bits per heavy atom. The van der Waals surface area contributed by atoms with E-state index in [1.54, 1.807) is 0 Å². The van der Waals surface area contributed by atoms with Gasteiger partial charge in [-0.3, -0.25) is 0 Å². The van der Waals surface area contributed by atoms with Crippen molar-refractivity contribution in [1.82, 2.24) is 0 Å². The van der Waals surface area contributed by atoms with Crippen LogP contribution in [0, 0.1) is 0 Å². The molecule has 0 aliphatic rings. The summed E-state index contributed by atoms with van der Waals surface area (Å²) in [5.41, 5.74) is 0. The van der Waals surface area contributed by atoms with Crippen LogP contribution in [0.5, 0.6) is 0 Å². The molecule has 0 fully saturated rings. The maximum atomic E-state index is 5.85. The first kappa shape index (κ1) is 25.9. The number of unbranched alkanes of at least 4 members (excludes halogenated alkanes) is 15. The van der Waals surface area contributed by atoms with E-state index < -0.39 is 0 Å². The number of nitrogens with zero attached hydrogens (tertiary/aromatic N) is 1. The molecule has 2 heteroatoms. The Labute approximate surface area is 166 Å². The average Bonchev–Trinajstić information content (AvgIpc) is 2.60. The third-order valence-electron chi connectivity index (χ3n) is 5.96. The van der Waals surface area contributed by atoms with Gasteiger partial charge in [0.1, 0.15) is 0 Å². The zero-order chi connectivity index (χ0) is 19.5. The van der Waals surface area contributed by atoms with Crippen molar-refractivity contribution in [3.05, 3.63) is 0 Å². The second-order valence-corrected chi connectivity index (χ2v) is 9.21. The van der Waals surface area contributed by atoms with Crippen LogP contribution in [-0.2, 0) is 4.74 Å². The minimum Gasteiger partial charge on any atom is -0.332 e. The number of rotatable bonds is 20. The van der Waals surface area contributed by atoms with Gasteiger partial charge >= 0.3 is 0 Å². The molecule has 0 atom stereocenters. The molecule has 0 heterocycles. The van der Waals surface area contributed by atoms with Crippen LogP contribution in [0.3, 0.4) is 0 Å². The lowest BCUT2D eigenvalue weighted by atomic mass is 10.0. The summed E-state index contributed by atoms with van der Waals surface area (Å²) in [6.07, 6.45) is 22.8. The lowest BCUT2D eigenvalue weighted by molar-refractivity contribution is -0.929. The van der Waals surface area contributed by atoms with Gasteiger partial charge in [0.15, 0.2) is 6.73 Å². The van der Waals surface area contributed by atoms with Gasteiger partial charge in [-0.25, -0.2) is 0 Å². The molecule has 2 nitrogen and oxygen atoms in total. The van der Waals surface area contributed by atoms with E-state index in [1.165, 1.54) is 103 Å². The molecule has 26 heavy (non-hydrogen) atoms. The van der Waals surface area contributed by atoms with E-state index in [1.807, 2.05) is 0 Å². The van der Waals surface area contributed by atoms with Crippen LogP contribution in [0.4, 0.5) is 0 Å². The van der Waals surface area contributed by atoms with Crippen molar-refractivity contribution in [3.63, 3.8) is 0 Å². The lowest BCUT2D eigenvalue weighted by Crippen LogP contribution is -2.47. The topological polar surface area (TPSA) is 9.23 Å². The summed E-state index contributed by atoms with van der Waals surface area (Å²) in [5.74, 6) is 0. The predicted molar refractivity (Wildman–Crippen MR) is 118 cm³/mol. The molecule has 0 radical (unpaired) electrons. The van der Waals surface area contributed by atoms with Gasteiger partial charge in [0, 0.05) is 0 Å². The summed E-state index contributed by atoms with van der Waals surface area (Å²) in [4.78, 5) is 0. The Morgan fingerprint density at radius 3 is 1.27 bits per heavy atom. The van der Waals surface area contributed by atoms with Crippen molar-refractivity contribution in [2.75, 3.05) is 27.4 Å². The molecular formula is C24H52NO+. The van der Waals surface area contributed by atoms with E-state index in [0.717, 1.165) is 17.8 Å². The molecule has 0 saturated carbocycles. The molecule has 0 saturated heterocycles. The van der Waals surface area contributed by atoms with Crippen molar-refractivity contribution in [2.45, 2.75) is 130 Å². The van der Waals surface area contributed by atoms with Crippen molar-refractivity contribution >= 4 is 0 Å². The molecule has 0 N–H and O–H groups in total. The van der Waals surface area contributed by atoms with Crippen LogP contribution < -0.4 is 0 Å². The summed E-state index contributed by atoms with van der Waals surface area (Å²) in [6.45, 7) is 8.60. The predicted octanol–water partition coefficient (Wildman–Crippen LogP) is 7.71. The minimum atomic E-state index is 0.626. The summed E-state index contributed by atoms with van der Waals surface area (Å²) >= 11 is 0. The largest absolute Gasteiger partial charge is 0.332 e. The van der Waals surface area contributed by atoms with Crippen molar-refractivity contribution in [2.24, 2.45) is 0 Å². The molecule has 0 spiro atoms. The third kappa shape index (κ3) is 17.3.